The Labute approximate surface area is 95.9 Å². The van der Waals surface area contributed by atoms with Crippen molar-refractivity contribution in [3.05, 3.63) is 6.33 Å². The summed E-state index contributed by atoms with van der Waals surface area (Å²) in [6, 6.07) is 0. The van der Waals surface area contributed by atoms with Crippen LogP contribution in [0.3, 0.4) is 0 Å². The lowest BCUT2D eigenvalue weighted by Gasteiger charge is -2.02. The molecule has 0 radical (unpaired) electrons. The zero-order valence-electron chi connectivity index (χ0n) is 9.57. The van der Waals surface area contributed by atoms with Crippen molar-refractivity contribution in [3.8, 4) is 0 Å². The van der Waals surface area contributed by atoms with Crippen LogP contribution in [0.2, 0.25) is 0 Å². The average Bonchev–Trinajstić information content (AvgIpc) is 2.63. The number of unbranched alkanes of at least 4 members (excludes halogenated alkanes) is 1. The molecule has 1 N–H and O–H groups in total. The highest BCUT2D eigenvalue weighted by Gasteiger charge is 1.99. The predicted molar refractivity (Wildman–Crippen MR) is 64.1 cm³/mol. The molecule has 0 saturated carbocycles. The molecule has 0 spiro atoms. The number of hydrogen-bond acceptors (Lipinski definition) is 4. The Morgan fingerprint density at radius 1 is 1.40 bits per heavy atom. The fraction of sp³-hybridized carbons (Fsp3) is 0.800. The Balaban J connectivity index is 1.96. The first-order valence-electron chi connectivity index (χ1n) is 5.52. The molecule has 0 bridgehead atoms. The third-order valence-corrected chi connectivity index (χ3v) is 3.20. The largest absolute Gasteiger partial charge is 0.317 e. The zero-order chi connectivity index (χ0) is 10.9. The average molecular weight is 228 g/mol. The molecule has 0 aliphatic heterocycles. The van der Waals surface area contributed by atoms with Crippen LogP contribution in [-0.2, 0) is 7.05 Å². The van der Waals surface area contributed by atoms with E-state index in [1.807, 2.05) is 11.6 Å². The van der Waals surface area contributed by atoms with Gasteiger partial charge in [-0.3, -0.25) is 0 Å². The van der Waals surface area contributed by atoms with E-state index in [0.29, 0.717) is 0 Å². The van der Waals surface area contributed by atoms with Crippen molar-refractivity contribution < 1.29 is 0 Å². The van der Waals surface area contributed by atoms with Gasteiger partial charge in [0.2, 0.25) is 0 Å². The van der Waals surface area contributed by atoms with Gasteiger partial charge in [0.15, 0.2) is 5.16 Å². The Hall–Kier alpha value is -0.550. The Kier molecular flexibility index (Phi) is 6.43. The van der Waals surface area contributed by atoms with E-state index in [-0.39, 0.29) is 0 Å². The second-order valence-corrected chi connectivity index (χ2v) is 4.59. The van der Waals surface area contributed by atoms with Crippen molar-refractivity contribution in [2.24, 2.45) is 7.05 Å². The number of nitrogens with zero attached hydrogens (tertiary/aromatic N) is 3. The summed E-state index contributed by atoms with van der Waals surface area (Å²) < 4.78 is 1.96. The second-order valence-electron chi connectivity index (χ2n) is 3.53. The molecule has 15 heavy (non-hydrogen) atoms. The summed E-state index contributed by atoms with van der Waals surface area (Å²) in [6.07, 6.45) is 5.43. The number of rotatable bonds is 8. The molecule has 0 aliphatic rings. The first-order valence-corrected chi connectivity index (χ1v) is 6.50. The molecule has 1 heterocycles. The molecule has 0 aromatic carbocycles. The lowest BCUT2D eigenvalue weighted by atomic mass is 10.3. The summed E-state index contributed by atoms with van der Waals surface area (Å²) in [4.78, 5) is 0. The van der Waals surface area contributed by atoms with Crippen molar-refractivity contribution in [1.82, 2.24) is 20.1 Å². The molecule has 0 amide bonds. The van der Waals surface area contributed by atoms with Crippen LogP contribution in [0.4, 0.5) is 0 Å². The summed E-state index contributed by atoms with van der Waals surface area (Å²) in [5.74, 6) is 1.13. The van der Waals surface area contributed by atoms with E-state index in [1.165, 1.54) is 19.3 Å². The molecule has 86 valence electrons. The third kappa shape index (κ3) is 5.18. The minimum Gasteiger partial charge on any atom is -0.317 e. The molecule has 1 aromatic rings. The number of aryl methyl sites for hydroxylation is 1. The minimum atomic E-state index is 1.01. The maximum atomic E-state index is 4.02. The molecule has 0 unspecified atom stereocenters. The van der Waals surface area contributed by atoms with Crippen molar-refractivity contribution in [2.75, 3.05) is 18.8 Å². The van der Waals surface area contributed by atoms with Crippen LogP contribution >= 0.6 is 11.8 Å². The van der Waals surface area contributed by atoms with Crippen LogP contribution in [-0.4, -0.2) is 33.6 Å². The van der Waals surface area contributed by atoms with Crippen LogP contribution in [0.25, 0.3) is 0 Å². The van der Waals surface area contributed by atoms with Crippen LogP contribution in [0.5, 0.6) is 0 Å². The van der Waals surface area contributed by atoms with Crippen molar-refractivity contribution >= 4 is 11.8 Å². The Morgan fingerprint density at radius 2 is 2.27 bits per heavy atom. The lowest BCUT2D eigenvalue weighted by molar-refractivity contribution is 0.634. The van der Waals surface area contributed by atoms with Gasteiger partial charge in [-0.05, 0) is 32.4 Å². The molecule has 4 nitrogen and oxygen atoms in total. The summed E-state index contributed by atoms with van der Waals surface area (Å²) in [7, 11) is 1.98. The summed E-state index contributed by atoms with van der Waals surface area (Å²) in [5.41, 5.74) is 0. The maximum Gasteiger partial charge on any atom is 0.190 e. The van der Waals surface area contributed by atoms with Crippen LogP contribution in [0.15, 0.2) is 11.5 Å². The monoisotopic (exact) mass is 228 g/mol. The molecule has 0 aliphatic carbocycles. The fourth-order valence-corrected chi connectivity index (χ4v) is 2.11. The SMILES string of the molecule is CCCNCCCCSc1nncn1C. The molecule has 1 rings (SSSR count). The van der Waals surface area contributed by atoms with Crippen LogP contribution in [0.1, 0.15) is 26.2 Å². The lowest BCUT2D eigenvalue weighted by Crippen LogP contribution is -2.15. The van der Waals surface area contributed by atoms with E-state index in [2.05, 4.69) is 22.4 Å². The van der Waals surface area contributed by atoms with E-state index in [4.69, 9.17) is 0 Å². The van der Waals surface area contributed by atoms with Gasteiger partial charge in [-0.2, -0.15) is 0 Å². The van der Waals surface area contributed by atoms with Gasteiger partial charge in [-0.15, -0.1) is 10.2 Å². The fourth-order valence-electron chi connectivity index (χ4n) is 1.22. The zero-order valence-corrected chi connectivity index (χ0v) is 10.4. The van der Waals surface area contributed by atoms with Crippen molar-refractivity contribution in [3.63, 3.8) is 0 Å². The predicted octanol–water partition coefficient (Wildman–Crippen LogP) is 1.69. The molecular formula is C10H20N4S. The highest BCUT2D eigenvalue weighted by molar-refractivity contribution is 7.99. The minimum absolute atomic E-state index is 1.01. The van der Waals surface area contributed by atoms with Gasteiger partial charge in [0.1, 0.15) is 6.33 Å². The number of aromatic nitrogens is 3. The molecule has 1 aromatic heterocycles. The highest BCUT2D eigenvalue weighted by atomic mass is 32.2. The Morgan fingerprint density at radius 3 is 2.93 bits per heavy atom. The Bertz CT molecular complexity index is 262. The quantitative estimate of drug-likeness (QED) is 0.543. The molecule has 5 heteroatoms. The maximum absolute atomic E-state index is 4.02. The highest BCUT2D eigenvalue weighted by Crippen LogP contribution is 2.14. The molecule has 0 saturated heterocycles. The van der Waals surface area contributed by atoms with Gasteiger partial charge in [0, 0.05) is 12.8 Å². The van der Waals surface area contributed by atoms with Gasteiger partial charge in [0.05, 0.1) is 0 Å². The summed E-state index contributed by atoms with van der Waals surface area (Å²) >= 11 is 1.78. The second kappa shape index (κ2) is 7.70. The summed E-state index contributed by atoms with van der Waals surface area (Å²) in [5, 5.41) is 12.3. The van der Waals surface area contributed by atoms with E-state index in [9.17, 15) is 0 Å². The number of hydrogen-bond donors (Lipinski definition) is 1. The van der Waals surface area contributed by atoms with Gasteiger partial charge in [-0.1, -0.05) is 18.7 Å². The molecule has 0 atom stereocenters. The van der Waals surface area contributed by atoms with Gasteiger partial charge < -0.3 is 9.88 Å². The van der Waals surface area contributed by atoms with E-state index in [1.54, 1.807) is 18.1 Å². The number of nitrogens with one attached hydrogen (secondary N) is 1. The standard InChI is InChI=1S/C10H20N4S/c1-3-6-11-7-4-5-8-15-10-13-12-9-14(10)2/h9,11H,3-8H2,1-2H3. The van der Waals surface area contributed by atoms with Gasteiger partial charge in [0.25, 0.3) is 0 Å². The first kappa shape index (κ1) is 12.5. The van der Waals surface area contributed by atoms with Gasteiger partial charge in [-0.25, -0.2) is 0 Å². The smallest absolute Gasteiger partial charge is 0.190 e. The number of thioether (sulfide) groups is 1. The van der Waals surface area contributed by atoms with E-state index in [0.717, 1.165) is 24.0 Å². The van der Waals surface area contributed by atoms with Crippen molar-refractivity contribution in [1.29, 1.82) is 0 Å². The first-order chi connectivity index (χ1) is 7.34. The van der Waals surface area contributed by atoms with Crippen LogP contribution < -0.4 is 5.32 Å². The summed E-state index contributed by atoms with van der Waals surface area (Å²) in [6.45, 7) is 4.46. The molecular weight excluding hydrogens is 208 g/mol. The normalized spacial score (nSPS) is 10.8. The molecule has 0 fully saturated rings. The van der Waals surface area contributed by atoms with E-state index >= 15 is 0 Å². The van der Waals surface area contributed by atoms with E-state index < -0.39 is 0 Å². The third-order valence-electron chi connectivity index (χ3n) is 2.08. The van der Waals surface area contributed by atoms with Crippen LogP contribution in [0, 0.1) is 0 Å². The van der Waals surface area contributed by atoms with Crippen molar-refractivity contribution in [2.45, 2.75) is 31.3 Å². The topological polar surface area (TPSA) is 42.7 Å². The van der Waals surface area contributed by atoms with Gasteiger partial charge >= 0.3 is 0 Å².